The van der Waals surface area contributed by atoms with E-state index >= 15 is 0 Å². The molecule has 0 aliphatic heterocycles. The molecule has 0 fully saturated rings. The maximum Gasteiger partial charge on any atom is 0.313 e. The van der Waals surface area contributed by atoms with Gasteiger partial charge >= 0.3 is 5.97 Å². The number of Topliss-reactive ketones (excluding diaryl/α,β-unsaturated/α-hetero) is 1. The van der Waals surface area contributed by atoms with E-state index in [1.54, 1.807) is 0 Å². The van der Waals surface area contributed by atoms with Crippen LogP contribution in [0.3, 0.4) is 0 Å². The van der Waals surface area contributed by atoms with Crippen LogP contribution in [0.25, 0.3) is 0 Å². The Bertz CT molecular complexity index is 191. The van der Waals surface area contributed by atoms with Gasteiger partial charge < -0.3 is 4.74 Å². The molecule has 0 spiro atoms. The molecule has 5 nitrogen and oxygen atoms in total. The molecule has 0 unspecified atom stereocenters. The van der Waals surface area contributed by atoms with Crippen LogP contribution in [0.15, 0.2) is 12.8 Å². The van der Waals surface area contributed by atoms with Crippen molar-refractivity contribution in [3.63, 3.8) is 0 Å². The van der Waals surface area contributed by atoms with E-state index in [0.29, 0.717) is 0 Å². The second-order valence-corrected chi connectivity index (χ2v) is 2.27. The molecule has 5 heteroatoms. The van der Waals surface area contributed by atoms with Gasteiger partial charge in [-0.3, -0.25) is 19.9 Å². The number of hydrogen-bond donors (Lipinski definition) is 1. The van der Waals surface area contributed by atoms with Crippen LogP contribution >= 0.6 is 0 Å². The minimum Gasteiger partial charge on any atom is -0.463 e. The molecule has 0 aromatic carbocycles. The fourth-order valence-corrected chi connectivity index (χ4v) is 0.569. The Morgan fingerprint density at radius 1 is 1.46 bits per heavy atom. The Labute approximate surface area is 76.7 Å². The van der Waals surface area contributed by atoms with Gasteiger partial charge in [-0.25, -0.2) is 0 Å². The first kappa shape index (κ1) is 11.6. The van der Waals surface area contributed by atoms with Gasteiger partial charge in [-0.05, 0) is 6.92 Å². The molecule has 0 aliphatic rings. The maximum atomic E-state index is 10.7. The van der Waals surface area contributed by atoms with Gasteiger partial charge in [0.15, 0.2) is 0 Å². The zero-order valence-electron chi connectivity index (χ0n) is 7.54. The fourth-order valence-electron chi connectivity index (χ4n) is 0.569. The first-order chi connectivity index (χ1) is 6.16. The Kier molecular flexibility index (Phi) is 6.53. The average molecular weight is 187 g/mol. The Hall–Kier alpha value is -1.36. The van der Waals surface area contributed by atoms with E-state index in [1.165, 1.54) is 13.1 Å². The number of hydrogen-bond acceptors (Lipinski definition) is 5. The summed E-state index contributed by atoms with van der Waals surface area (Å²) in [6.45, 7) is 5.01. The first-order valence-corrected chi connectivity index (χ1v) is 3.80. The van der Waals surface area contributed by atoms with Crippen LogP contribution in [0.4, 0.5) is 0 Å². The molecule has 0 radical (unpaired) electrons. The Morgan fingerprint density at radius 3 is 2.69 bits per heavy atom. The molecule has 74 valence electrons. The molecule has 13 heavy (non-hydrogen) atoms. The third kappa shape index (κ3) is 8.55. The van der Waals surface area contributed by atoms with Crippen molar-refractivity contribution in [3.05, 3.63) is 12.8 Å². The lowest BCUT2D eigenvalue weighted by Crippen LogP contribution is -2.16. The summed E-state index contributed by atoms with van der Waals surface area (Å²) in [5, 5.41) is 0. The van der Waals surface area contributed by atoms with Crippen LogP contribution in [0, 0.1) is 0 Å². The molecule has 0 heterocycles. The number of esters is 1. The summed E-state index contributed by atoms with van der Waals surface area (Å²) >= 11 is 0. The predicted octanol–water partition coefficient (Wildman–Crippen LogP) is 0.173. The van der Waals surface area contributed by atoms with Crippen molar-refractivity contribution in [1.82, 2.24) is 5.48 Å². The van der Waals surface area contributed by atoms with E-state index < -0.39 is 5.97 Å². The molecule has 0 rings (SSSR count). The molecular weight excluding hydrogens is 174 g/mol. The lowest BCUT2D eigenvalue weighted by molar-refractivity contribution is -0.147. The van der Waals surface area contributed by atoms with Crippen LogP contribution in [-0.2, 0) is 19.2 Å². The van der Waals surface area contributed by atoms with Gasteiger partial charge in [-0.15, -0.1) is 0 Å². The van der Waals surface area contributed by atoms with E-state index in [-0.39, 0.29) is 25.4 Å². The van der Waals surface area contributed by atoms with E-state index in [4.69, 9.17) is 4.84 Å². The Balaban J connectivity index is 3.26. The molecule has 0 aromatic rings. The van der Waals surface area contributed by atoms with E-state index in [1.807, 2.05) is 0 Å². The summed E-state index contributed by atoms with van der Waals surface area (Å²) in [4.78, 5) is 25.9. The molecule has 0 saturated heterocycles. The number of hydroxylamine groups is 1. The zero-order valence-corrected chi connectivity index (χ0v) is 7.54. The van der Waals surface area contributed by atoms with Gasteiger partial charge in [0.1, 0.15) is 25.4 Å². The highest BCUT2D eigenvalue weighted by atomic mass is 16.7. The third-order valence-corrected chi connectivity index (χ3v) is 1.01. The zero-order chi connectivity index (χ0) is 10.1. The largest absolute Gasteiger partial charge is 0.463 e. The summed E-state index contributed by atoms with van der Waals surface area (Å²) < 4.78 is 4.64. The van der Waals surface area contributed by atoms with Crippen molar-refractivity contribution in [2.45, 2.75) is 13.3 Å². The van der Waals surface area contributed by atoms with E-state index in [0.717, 1.165) is 0 Å². The number of rotatable bonds is 7. The topological polar surface area (TPSA) is 64.6 Å². The maximum absolute atomic E-state index is 10.7. The number of carbonyl (C=O) groups is 2. The average Bonchev–Trinajstić information content (AvgIpc) is 2.02. The minimum atomic E-state index is -0.533. The first-order valence-electron chi connectivity index (χ1n) is 3.80. The summed E-state index contributed by atoms with van der Waals surface area (Å²) in [5.74, 6) is -0.746. The molecule has 0 bridgehead atoms. The minimum absolute atomic E-state index is 0.118. The van der Waals surface area contributed by atoms with Gasteiger partial charge in [0, 0.05) is 6.20 Å². The van der Waals surface area contributed by atoms with Crippen molar-refractivity contribution in [1.29, 1.82) is 0 Å². The van der Waals surface area contributed by atoms with Gasteiger partial charge in [-0.1, -0.05) is 6.58 Å². The van der Waals surface area contributed by atoms with Crippen molar-refractivity contribution < 1.29 is 19.2 Å². The second kappa shape index (κ2) is 7.30. The smallest absolute Gasteiger partial charge is 0.313 e. The Morgan fingerprint density at radius 2 is 2.15 bits per heavy atom. The highest BCUT2D eigenvalue weighted by molar-refractivity contribution is 5.94. The molecule has 0 amide bonds. The number of carbonyl (C=O) groups excluding carboxylic acids is 2. The van der Waals surface area contributed by atoms with Crippen molar-refractivity contribution in [2.75, 3.05) is 13.2 Å². The van der Waals surface area contributed by atoms with Crippen LogP contribution in [0.2, 0.25) is 0 Å². The molecular formula is C8H13NO4. The van der Waals surface area contributed by atoms with Gasteiger partial charge in [-0.2, -0.15) is 0 Å². The van der Waals surface area contributed by atoms with Gasteiger partial charge in [0.05, 0.1) is 0 Å². The molecule has 0 aliphatic carbocycles. The molecule has 0 atom stereocenters. The molecule has 1 N–H and O–H groups in total. The number of ketones is 1. The normalized spacial score (nSPS) is 9.00. The highest BCUT2D eigenvalue weighted by Crippen LogP contribution is 1.87. The fraction of sp³-hybridized carbons (Fsp3) is 0.500. The highest BCUT2D eigenvalue weighted by Gasteiger charge is 2.05. The lowest BCUT2D eigenvalue weighted by atomic mass is 10.3. The van der Waals surface area contributed by atoms with Gasteiger partial charge in [0.25, 0.3) is 0 Å². The van der Waals surface area contributed by atoms with Crippen molar-refractivity contribution in [3.8, 4) is 0 Å². The summed E-state index contributed by atoms with van der Waals surface area (Å²) in [6, 6.07) is 0. The van der Waals surface area contributed by atoms with E-state index in [2.05, 4.69) is 16.8 Å². The third-order valence-electron chi connectivity index (χ3n) is 1.01. The van der Waals surface area contributed by atoms with Crippen LogP contribution in [0.5, 0.6) is 0 Å². The van der Waals surface area contributed by atoms with Crippen LogP contribution < -0.4 is 5.48 Å². The van der Waals surface area contributed by atoms with Gasteiger partial charge in [0.2, 0.25) is 0 Å². The lowest BCUT2D eigenvalue weighted by Gasteiger charge is -2.03. The summed E-state index contributed by atoms with van der Waals surface area (Å²) in [7, 11) is 0. The van der Waals surface area contributed by atoms with Crippen LogP contribution in [0.1, 0.15) is 13.3 Å². The number of nitrogens with one attached hydrogen (secondary N) is 1. The van der Waals surface area contributed by atoms with E-state index in [9.17, 15) is 9.59 Å². The SMILES string of the molecule is C=CNOCCOC(=O)CC(C)=O. The summed E-state index contributed by atoms with van der Waals surface area (Å²) in [5.41, 5.74) is 2.37. The van der Waals surface area contributed by atoms with Crippen molar-refractivity contribution >= 4 is 11.8 Å². The standard InChI is InChI=1S/C8H13NO4/c1-3-9-13-5-4-12-8(11)6-7(2)10/h3,9H,1,4-6H2,2H3. The summed E-state index contributed by atoms with van der Waals surface area (Å²) in [6.07, 6.45) is 1.17. The second-order valence-electron chi connectivity index (χ2n) is 2.27. The number of ether oxygens (including phenoxy) is 1. The predicted molar refractivity (Wildman–Crippen MR) is 45.5 cm³/mol. The van der Waals surface area contributed by atoms with Crippen LogP contribution in [-0.4, -0.2) is 25.0 Å². The molecule has 0 aromatic heterocycles. The quantitative estimate of drug-likeness (QED) is 0.266. The van der Waals surface area contributed by atoms with Crippen molar-refractivity contribution in [2.24, 2.45) is 0 Å². The monoisotopic (exact) mass is 187 g/mol. The molecule has 0 saturated carbocycles.